The van der Waals surface area contributed by atoms with Crippen molar-refractivity contribution < 1.29 is 18.8 Å². The van der Waals surface area contributed by atoms with Crippen LogP contribution in [0.2, 0.25) is 0 Å². The molecule has 1 fully saturated rings. The number of urea groups is 1. The average Bonchev–Trinajstić information content (AvgIpc) is 2.71. The summed E-state index contributed by atoms with van der Waals surface area (Å²) in [6.45, 7) is 11.6. The smallest absolute Gasteiger partial charge is 0.335 e. The zero-order valence-corrected chi connectivity index (χ0v) is 19.5. The number of imide groups is 2. The highest BCUT2D eigenvalue weighted by atomic mass is 19.1. The summed E-state index contributed by atoms with van der Waals surface area (Å²) < 4.78 is 13.7. The molecule has 172 valence electrons. The third-order valence-corrected chi connectivity index (χ3v) is 6.56. The van der Waals surface area contributed by atoms with Crippen LogP contribution in [0.5, 0.6) is 0 Å². The van der Waals surface area contributed by atoms with E-state index in [2.05, 4.69) is 44.0 Å². The maximum Gasteiger partial charge on any atom is 0.335 e. The number of nitrogens with one attached hydrogen (secondary N) is 1. The molecule has 2 aliphatic rings. The highest BCUT2D eigenvalue weighted by Crippen LogP contribution is 2.44. The Labute approximate surface area is 193 Å². The van der Waals surface area contributed by atoms with Crippen molar-refractivity contribution in [3.8, 4) is 0 Å². The third kappa shape index (κ3) is 3.92. The Morgan fingerprint density at radius 1 is 1.18 bits per heavy atom. The van der Waals surface area contributed by atoms with Crippen LogP contribution >= 0.6 is 0 Å². The number of barbiturate groups is 1. The van der Waals surface area contributed by atoms with Crippen molar-refractivity contribution in [1.29, 1.82) is 0 Å². The normalized spacial score (nSPS) is 21.3. The summed E-state index contributed by atoms with van der Waals surface area (Å²) in [5, 5.41) is 2.19. The van der Waals surface area contributed by atoms with Crippen molar-refractivity contribution in [1.82, 2.24) is 5.32 Å². The van der Waals surface area contributed by atoms with E-state index in [9.17, 15) is 18.8 Å². The average molecular weight is 450 g/mol. The molecule has 1 atom stereocenters. The highest BCUT2D eigenvalue weighted by Gasteiger charge is 2.38. The number of carbonyl (C=O) groups excluding carboxylic acids is 3. The van der Waals surface area contributed by atoms with Crippen molar-refractivity contribution in [2.24, 2.45) is 0 Å². The van der Waals surface area contributed by atoms with Crippen LogP contribution in [0.15, 0.2) is 42.0 Å². The Bertz CT molecular complexity index is 1200. The van der Waals surface area contributed by atoms with Crippen LogP contribution in [0.4, 0.5) is 20.6 Å². The monoisotopic (exact) mass is 449 g/mol. The van der Waals surface area contributed by atoms with Gasteiger partial charge in [0.2, 0.25) is 0 Å². The molecule has 0 aromatic heterocycles. The second-order valence-electron chi connectivity index (χ2n) is 9.37. The number of rotatable bonds is 3. The number of benzene rings is 2. The summed E-state index contributed by atoms with van der Waals surface area (Å²) in [6, 6.07) is 8.38. The second-order valence-corrected chi connectivity index (χ2v) is 9.37. The summed E-state index contributed by atoms with van der Waals surface area (Å²) in [6.07, 6.45) is 2.50. The van der Waals surface area contributed by atoms with Gasteiger partial charge in [-0.2, -0.15) is 0 Å². The molecule has 4 amide bonds. The van der Waals surface area contributed by atoms with Crippen molar-refractivity contribution in [2.45, 2.75) is 52.5 Å². The van der Waals surface area contributed by atoms with Gasteiger partial charge in [0.25, 0.3) is 11.8 Å². The summed E-state index contributed by atoms with van der Waals surface area (Å²) in [7, 11) is 0. The Balaban J connectivity index is 1.78. The zero-order valence-electron chi connectivity index (χ0n) is 19.5. The third-order valence-electron chi connectivity index (χ3n) is 6.56. The molecule has 0 radical (unpaired) electrons. The quantitative estimate of drug-likeness (QED) is 0.534. The van der Waals surface area contributed by atoms with E-state index in [1.807, 2.05) is 13.0 Å². The van der Waals surface area contributed by atoms with Gasteiger partial charge < -0.3 is 4.90 Å². The molecule has 7 heteroatoms. The molecule has 1 N–H and O–H groups in total. The molecule has 0 aliphatic carbocycles. The molecule has 4 rings (SSSR count). The largest absolute Gasteiger partial charge is 0.366 e. The fourth-order valence-corrected chi connectivity index (χ4v) is 5.07. The summed E-state index contributed by atoms with van der Waals surface area (Å²) in [5.41, 5.74) is 3.90. The van der Waals surface area contributed by atoms with Gasteiger partial charge in [0.15, 0.2) is 0 Å². The molecule has 2 heterocycles. The van der Waals surface area contributed by atoms with Crippen LogP contribution < -0.4 is 15.1 Å². The Hall–Kier alpha value is -3.48. The van der Waals surface area contributed by atoms with Crippen LogP contribution in [0.1, 0.15) is 56.7 Å². The van der Waals surface area contributed by atoms with E-state index in [1.165, 1.54) is 24.3 Å². The van der Waals surface area contributed by atoms with E-state index in [1.54, 1.807) is 0 Å². The van der Waals surface area contributed by atoms with E-state index >= 15 is 0 Å². The minimum atomic E-state index is -0.899. The van der Waals surface area contributed by atoms with E-state index in [-0.39, 0.29) is 16.8 Å². The maximum atomic E-state index is 13.7. The van der Waals surface area contributed by atoms with Gasteiger partial charge in [-0.3, -0.25) is 14.9 Å². The number of anilines is 2. The first-order valence-corrected chi connectivity index (χ1v) is 11.1. The summed E-state index contributed by atoms with van der Waals surface area (Å²) in [4.78, 5) is 41.3. The predicted octanol–water partition coefficient (Wildman–Crippen LogP) is 4.91. The van der Waals surface area contributed by atoms with Crippen LogP contribution in [-0.4, -0.2) is 29.9 Å². The number of amides is 4. The molecule has 0 spiro atoms. The van der Waals surface area contributed by atoms with Gasteiger partial charge in [-0.05, 0) is 93.1 Å². The molecule has 0 saturated carbocycles. The van der Waals surface area contributed by atoms with Crippen LogP contribution in [0.25, 0.3) is 6.08 Å². The molecule has 6 nitrogen and oxygen atoms in total. The van der Waals surface area contributed by atoms with Gasteiger partial charge in [0.05, 0.1) is 5.69 Å². The van der Waals surface area contributed by atoms with E-state index in [0.29, 0.717) is 5.92 Å². The number of fused-ring (bicyclic) bond motifs is 1. The van der Waals surface area contributed by atoms with Gasteiger partial charge in [-0.25, -0.2) is 14.1 Å². The molecular weight excluding hydrogens is 421 g/mol. The number of hydrogen-bond donors (Lipinski definition) is 1. The van der Waals surface area contributed by atoms with E-state index in [0.717, 1.165) is 46.3 Å². The molecule has 0 unspecified atom stereocenters. The molecule has 1 saturated heterocycles. The second kappa shape index (κ2) is 8.14. The lowest BCUT2D eigenvalue weighted by atomic mass is 9.79. The van der Waals surface area contributed by atoms with Gasteiger partial charge in [-0.15, -0.1) is 0 Å². The van der Waals surface area contributed by atoms with Crippen molar-refractivity contribution in [3.05, 3.63) is 64.5 Å². The molecule has 0 bridgehead atoms. The lowest BCUT2D eigenvalue weighted by Gasteiger charge is -2.47. The first kappa shape index (κ1) is 22.7. The molecule has 2 aromatic carbocycles. The number of hydrogen-bond acceptors (Lipinski definition) is 4. The minimum absolute atomic E-state index is 0.0264. The van der Waals surface area contributed by atoms with Gasteiger partial charge in [0, 0.05) is 17.8 Å². The Morgan fingerprint density at radius 2 is 1.91 bits per heavy atom. The highest BCUT2D eigenvalue weighted by molar-refractivity contribution is 6.39. The topological polar surface area (TPSA) is 69.7 Å². The zero-order chi connectivity index (χ0) is 24.1. The van der Waals surface area contributed by atoms with E-state index in [4.69, 9.17) is 0 Å². The minimum Gasteiger partial charge on any atom is -0.366 e. The molecule has 2 aliphatic heterocycles. The fourth-order valence-electron chi connectivity index (χ4n) is 5.07. The van der Waals surface area contributed by atoms with Gasteiger partial charge in [-0.1, -0.05) is 13.0 Å². The Kier molecular flexibility index (Phi) is 5.60. The molecule has 2 aromatic rings. The van der Waals surface area contributed by atoms with Gasteiger partial charge >= 0.3 is 6.03 Å². The first-order chi connectivity index (χ1) is 15.5. The number of carbonyl (C=O) groups is 3. The van der Waals surface area contributed by atoms with Crippen molar-refractivity contribution in [2.75, 3.05) is 16.3 Å². The number of halogens is 1. The fraction of sp³-hybridized carbons (Fsp3) is 0.346. The number of nitrogens with zero attached hydrogens (tertiary/aromatic N) is 2. The van der Waals surface area contributed by atoms with Crippen LogP contribution in [-0.2, 0) is 9.59 Å². The number of aryl methyl sites for hydroxylation is 1. The summed E-state index contributed by atoms with van der Waals surface area (Å²) in [5.74, 6) is -1.83. The van der Waals surface area contributed by atoms with Crippen LogP contribution in [0, 0.1) is 12.7 Å². The standard InChI is InChI=1S/C26H28FN3O3/c1-6-29-22-10-15(2)17(11-20(22)16(3)14-26(29,4)5)12-21-23(31)28-25(33)30(24(21)32)19-9-7-8-18(27)13-19/h7-13,16H,6,14H2,1-5H3,(H,28,31,33)/b21-12+/t16-/m0/s1. The lowest BCUT2D eigenvalue weighted by Crippen LogP contribution is -2.54. The SMILES string of the molecule is CCN1c2cc(C)c(/C=C3\C(=O)NC(=O)N(c4cccc(F)c4)C3=O)cc2[C@@H](C)CC1(C)C. The summed E-state index contributed by atoms with van der Waals surface area (Å²) >= 11 is 0. The first-order valence-electron chi connectivity index (χ1n) is 11.1. The van der Waals surface area contributed by atoms with Gasteiger partial charge in [0.1, 0.15) is 11.4 Å². The molecule has 33 heavy (non-hydrogen) atoms. The predicted molar refractivity (Wildman–Crippen MR) is 127 cm³/mol. The van der Waals surface area contributed by atoms with Crippen LogP contribution in [0.3, 0.4) is 0 Å². The van der Waals surface area contributed by atoms with Crippen molar-refractivity contribution >= 4 is 35.3 Å². The lowest BCUT2D eigenvalue weighted by molar-refractivity contribution is -0.122. The van der Waals surface area contributed by atoms with E-state index < -0.39 is 23.7 Å². The van der Waals surface area contributed by atoms with Crippen molar-refractivity contribution in [3.63, 3.8) is 0 Å². The maximum absolute atomic E-state index is 13.7. The molecular formula is C26H28FN3O3. The Morgan fingerprint density at radius 3 is 2.58 bits per heavy atom.